The molecular weight excluding hydrogens is 226 g/mol. The third kappa shape index (κ3) is 7.32. The van der Waals surface area contributed by atoms with E-state index in [9.17, 15) is 14.4 Å². The first kappa shape index (κ1) is 15.4. The summed E-state index contributed by atoms with van der Waals surface area (Å²) in [5, 5.41) is 19.8. The molecule has 0 saturated heterocycles. The van der Waals surface area contributed by atoms with Gasteiger partial charge in [0.1, 0.15) is 0 Å². The van der Waals surface area contributed by atoms with E-state index in [0.717, 1.165) is 0 Å². The van der Waals surface area contributed by atoms with E-state index in [0.29, 0.717) is 0 Å². The zero-order valence-electron chi connectivity index (χ0n) is 10.3. The van der Waals surface area contributed by atoms with Crippen LogP contribution in [-0.4, -0.2) is 34.1 Å². The van der Waals surface area contributed by atoms with Gasteiger partial charge in [0.15, 0.2) is 0 Å². The maximum Gasteiger partial charge on any atom is 0.305 e. The molecule has 0 fully saturated rings. The third-order valence-electron chi connectivity index (χ3n) is 2.14. The lowest BCUT2D eigenvalue weighted by atomic mass is 9.94. The fourth-order valence-corrected chi connectivity index (χ4v) is 1.14. The number of carbonyl (C=O) groups is 3. The van der Waals surface area contributed by atoms with E-state index in [1.165, 1.54) is 0 Å². The highest BCUT2D eigenvalue weighted by Gasteiger charge is 2.25. The van der Waals surface area contributed by atoms with Crippen LogP contribution in [0.5, 0.6) is 0 Å². The molecule has 0 radical (unpaired) electrons. The first-order valence-electron chi connectivity index (χ1n) is 5.37. The lowest BCUT2D eigenvalue weighted by Gasteiger charge is -2.23. The highest BCUT2D eigenvalue weighted by molar-refractivity contribution is 5.82. The van der Waals surface area contributed by atoms with Gasteiger partial charge in [0.25, 0.3) is 0 Å². The van der Waals surface area contributed by atoms with Crippen LogP contribution in [0.15, 0.2) is 0 Å². The maximum absolute atomic E-state index is 11.6. The summed E-state index contributed by atoms with van der Waals surface area (Å²) < 4.78 is 0. The largest absolute Gasteiger partial charge is 0.481 e. The summed E-state index contributed by atoms with van der Waals surface area (Å²) in [5.74, 6) is -2.35. The van der Waals surface area contributed by atoms with Crippen molar-refractivity contribution in [3.05, 3.63) is 0 Å². The van der Waals surface area contributed by atoms with Crippen LogP contribution in [0.3, 0.4) is 0 Å². The van der Waals surface area contributed by atoms with Crippen LogP contribution in [0.1, 0.15) is 40.0 Å². The van der Waals surface area contributed by atoms with Gasteiger partial charge in [-0.05, 0) is 6.42 Å². The van der Waals surface area contributed by atoms with Gasteiger partial charge in [-0.2, -0.15) is 0 Å². The first-order valence-corrected chi connectivity index (χ1v) is 5.37. The van der Waals surface area contributed by atoms with Crippen LogP contribution in [0, 0.1) is 5.41 Å². The van der Waals surface area contributed by atoms with Crippen molar-refractivity contribution in [2.45, 2.75) is 46.1 Å². The molecule has 0 aromatic carbocycles. The van der Waals surface area contributed by atoms with Crippen molar-refractivity contribution in [1.82, 2.24) is 5.32 Å². The fourth-order valence-electron chi connectivity index (χ4n) is 1.14. The highest BCUT2D eigenvalue weighted by Crippen LogP contribution is 2.14. The summed E-state index contributed by atoms with van der Waals surface area (Å²) in [6, 6.07) is -0.643. The monoisotopic (exact) mass is 245 g/mol. The minimum Gasteiger partial charge on any atom is -0.481 e. The molecule has 17 heavy (non-hydrogen) atoms. The summed E-state index contributed by atoms with van der Waals surface area (Å²) in [6.07, 6.45) is -0.319. The number of hydrogen-bond acceptors (Lipinski definition) is 3. The normalized spacial score (nSPS) is 12.9. The van der Waals surface area contributed by atoms with E-state index in [1.54, 1.807) is 20.8 Å². The summed E-state index contributed by atoms with van der Waals surface area (Å²) in [7, 11) is 0. The Balaban J connectivity index is 4.43. The van der Waals surface area contributed by atoms with Gasteiger partial charge in [0.2, 0.25) is 5.91 Å². The van der Waals surface area contributed by atoms with Gasteiger partial charge in [-0.15, -0.1) is 0 Å². The summed E-state index contributed by atoms with van der Waals surface area (Å²) in [4.78, 5) is 32.6. The SMILES string of the molecule is CC(C)(C)C(=O)NC(CCC(=O)O)CC(=O)O. The van der Waals surface area contributed by atoms with Crippen molar-refractivity contribution < 1.29 is 24.6 Å². The predicted octanol–water partition coefficient (Wildman–Crippen LogP) is 0.857. The molecule has 6 heteroatoms. The average molecular weight is 245 g/mol. The smallest absolute Gasteiger partial charge is 0.305 e. The molecule has 3 N–H and O–H groups in total. The molecule has 0 aromatic heterocycles. The Morgan fingerprint density at radius 1 is 1.12 bits per heavy atom. The molecule has 6 nitrogen and oxygen atoms in total. The maximum atomic E-state index is 11.6. The molecule has 1 unspecified atom stereocenters. The van der Waals surface area contributed by atoms with Crippen LogP contribution in [0.4, 0.5) is 0 Å². The van der Waals surface area contributed by atoms with Crippen molar-refractivity contribution in [3.8, 4) is 0 Å². The lowest BCUT2D eigenvalue weighted by Crippen LogP contribution is -2.42. The zero-order chi connectivity index (χ0) is 13.6. The van der Waals surface area contributed by atoms with Gasteiger partial charge in [-0.25, -0.2) is 0 Å². The first-order chi connectivity index (χ1) is 7.62. The Morgan fingerprint density at radius 2 is 1.65 bits per heavy atom. The fraction of sp³-hybridized carbons (Fsp3) is 0.727. The summed E-state index contributed by atoms with van der Waals surface area (Å²) >= 11 is 0. The van der Waals surface area contributed by atoms with Crippen molar-refractivity contribution in [2.75, 3.05) is 0 Å². The van der Waals surface area contributed by atoms with E-state index in [2.05, 4.69) is 5.32 Å². The number of carboxylic acid groups (broad SMARTS) is 2. The number of rotatable bonds is 6. The van der Waals surface area contributed by atoms with E-state index < -0.39 is 23.4 Å². The molecule has 0 aliphatic rings. The van der Waals surface area contributed by atoms with Crippen LogP contribution >= 0.6 is 0 Å². The second-order valence-corrected chi connectivity index (χ2v) is 4.95. The molecule has 0 heterocycles. The van der Waals surface area contributed by atoms with Gasteiger partial charge in [0.05, 0.1) is 6.42 Å². The summed E-state index contributed by atoms with van der Waals surface area (Å²) in [5.41, 5.74) is -0.625. The second-order valence-electron chi connectivity index (χ2n) is 4.95. The van der Waals surface area contributed by atoms with E-state index in [1.807, 2.05) is 0 Å². The zero-order valence-corrected chi connectivity index (χ0v) is 10.3. The molecule has 0 rings (SSSR count). The Kier molecular flexibility index (Phi) is 5.64. The van der Waals surface area contributed by atoms with Gasteiger partial charge in [0, 0.05) is 17.9 Å². The number of aliphatic carboxylic acids is 2. The quantitative estimate of drug-likeness (QED) is 0.643. The molecular formula is C11H19NO5. The topological polar surface area (TPSA) is 104 Å². The summed E-state index contributed by atoms with van der Waals surface area (Å²) in [6.45, 7) is 5.12. The molecule has 98 valence electrons. The molecule has 0 aliphatic heterocycles. The number of carbonyl (C=O) groups excluding carboxylic acids is 1. The molecule has 0 aromatic rings. The number of amides is 1. The van der Waals surface area contributed by atoms with E-state index in [-0.39, 0.29) is 25.2 Å². The third-order valence-corrected chi connectivity index (χ3v) is 2.14. The van der Waals surface area contributed by atoms with Crippen LogP contribution < -0.4 is 5.32 Å². The van der Waals surface area contributed by atoms with Crippen LogP contribution in [0.25, 0.3) is 0 Å². The van der Waals surface area contributed by atoms with E-state index >= 15 is 0 Å². The van der Waals surface area contributed by atoms with Crippen molar-refractivity contribution >= 4 is 17.8 Å². The predicted molar refractivity (Wildman–Crippen MR) is 60.5 cm³/mol. The van der Waals surface area contributed by atoms with Gasteiger partial charge in [-0.3, -0.25) is 14.4 Å². The molecule has 0 saturated carbocycles. The molecule has 0 spiro atoms. The molecule has 1 amide bonds. The second kappa shape index (κ2) is 6.22. The van der Waals surface area contributed by atoms with Gasteiger partial charge in [-0.1, -0.05) is 20.8 Å². The van der Waals surface area contributed by atoms with E-state index in [4.69, 9.17) is 10.2 Å². The van der Waals surface area contributed by atoms with Crippen molar-refractivity contribution in [1.29, 1.82) is 0 Å². The lowest BCUT2D eigenvalue weighted by molar-refractivity contribution is -0.140. The minimum absolute atomic E-state index is 0.115. The Labute approximate surface area is 100 Å². The van der Waals surface area contributed by atoms with Crippen LogP contribution in [-0.2, 0) is 14.4 Å². The molecule has 0 bridgehead atoms. The Morgan fingerprint density at radius 3 is 2.00 bits per heavy atom. The standard InChI is InChI=1S/C11H19NO5/c1-11(2,3)10(17)12-7(6-9(15)16)4-5-8(13)14/h7H,4-6H2,1-3H3,(H,12,17)(H,13,14)(H,15,16). The minimum atomic E-state index is -1.06. The van der Waals surface area contributed by atoms with Gasteiger partial charge >= 0.3 is 11.9 Å². The van der Waals surface area contributed by atoms with Crippen molar-refractivity contribution in [2.24, 2.45) is 5.41 Å². The average Bonchev–Trinajstić information content (AvgIpc) is 2.11. The van der Waals surface area contributed by atoms with Gasteiger partial charge < -0.3 is 15.5 Å². The molecule has 0 aliphatic carbocycles. The van der Waals surface area contributed by atoms with Crippen LogP contribution in [0.2, 0.25) is 0 Å². The Bertz CT molecular complexity index is 305. The highest BCUT2D eigenvalue weighted by atomic mass is 16.4. The Hall–Kier alpha value is -1.59. The number of nitrogens with one attached hydrogen (secondary N) is 1. The number of carboxylic acids is 2. The number of hydrogen-bond donors (Lipinski definition) is 3. The van der Waals surface area contributed by atoms with Crippen molar-refractivity contribution in [3.63, 3.8) is 0 Å². The molecule has 1 atom stereocenters.